The summed E-state index contributed by atoms with van der Waals surface area (Å²) in [5, 5.41) is 3.18. The standard InChI is InChI=1S/C40H46FN3O8S/c1-49-32-19-21-36(50-2)34(24-32)44(53(47,48)33-20-22-37(51-3)38(25-33)52-4)27-39(45)43(26-29-15-17-30(41)18-16-29)35(23-28-11-7-5-8-12-28)40(46)42-31-13-9-6-10-14-31/h5,7-8,11-12,15-22,24-25,31,35H,6,9-10,13-14,23,26-27H2,1-4H3,(H,42,46). The Morgan fingerprint density at radius 1 is 0.774 bits per heavy atom. The van der Waals surface area contributed by atoms with Gasteiger partial charge < -0.3 is 29.2 Å². The van der Waals surface area contributed by atoms with Gasteiger partial charge in [0, 0.05) is 31.1 Å². The lowest BCUT2D eigenvalue weighted by atomic mass is 9.94. The first-order valence-corrected chi connectivity index (χ1v) is 18.9. The van der Waals surface area contributed by atoms with Crippen molar-refractivity contribution in [1.82, 2.24) is 10.2 Å². The Morgan fingerprint density at radius 2 is 1.43 bits per heavy atom. The minimum Gasteiger partial charge on any atom is -0.497 e. The average molecular weight is 748 g/mol. The Kier molecular flexibility index (Phi) is 13.2. The van der Waals surface area contributed by atoms with E-state index >= 15 is 0 Å². The summed E-state index contributed by atoms with van der Waals surface area (Å²) >= 11 is 0. The third-order valence-corrected chi connectivity index (χ3v) is 11.1. The van der Waals surface area contributed by atoms with Gasteiger partial charge in [0.1, 0.15) is 29.9 Å². The number of anilines is 1. The van der Waals surface area contributed by atoms with Gasteiger partial charge in [-0.3, -0.25) is 13.9 Å². The maximum atomic E-state index is 14.9. The van der Waals surface area contributed by atoms with E-state index < -0.39 is 34.3 Å². The average Bonchev–Trinajstić information content (AvgIpc) is 3.18. The van der Waals surface area contributed by atoms with Crippen LogP contribution >= 0.6 is 0 Å². The normalized spacial score (nSPS) is 13.8. The number of hydrogen-bond donors (Lipinski definition) is 1. The van der Waals surface area contributed by atoms with Crippen LogP contribution in [0, 0.1) is 5.82 Å². The number of carbonyl (C=O) groups excluding carboxylic acids is 2. The summed E-state index contributed by atoms with van der Waals surface area (Å²) in [6.45, 7) is -0.836. The lowest BCUT2D eigenvalue weighted by Crippen LogP contribution is -2.55. The molecule has 0 radical (unpaired) electrons. The van der Waals surface area contributed by atoms with Crippen LogP contribution < -0.4 is 28.6 Å². The molecular weight excluding hydrogens is 702 g/mol. The number of halogens is 1. The first-order valence-electron chi connectivity index (χ1n) is 17.4. The lowest BCUT2D eigenvalue weighted by molar-refractivity contribution is -0.140. The maximum absolute atomic E-state index is 14.9. The molecule has 1 saturated carbocycles. The quantitative estimate of drug-likeness (QED) is 0.145. The van der Waals surface area contributed by atoms with E-state index in [9.17, 15) is 22.4 Å². The van der Waals surface area contributed by atoms with Crippen LogP contribution in [-0.4, -0.2) is 72.2 Å². The minimum absolute atomic E-state index is 0.0305. The number of methoxy groups -OCH3 is 4. The molecule has 11 nitrogen and oxygen atoms in total. The summed E-state index contributed by atoms with van der Waals surface area (Å²) < 4.78 is 66.2. The second-order valence-corrected chi connectivity index (χ2v) is 14.6. The molecule has 13 heteroatoms. The van der Waals surface area contributed by atoms with Crippen LogP contribution in [0.5, 0.6) is 23.0 Å². The Hall–Kier alpha value is -5.30. The summed E-state index contributed by atoms with van der Waals surface area (Å²) in [6.07, 6.45) is 4.85. The fraction of sp³-hybridized carbons (Fsp3) is 0.350. The van der Waals surface area contributed by atoms with Gasteiger partial charge in [-0.1, -0.05) is 61.7 Å². The van der Waals surface area contributed by atoms with Crippen LogP contribution in [0.2, 0.25) is 0 Å². The van der Waals surface area contributed by atoms with Gasteiger partial charge in [0.05, 0.1) is 39.0 Å². The second kappa shape index (κ2) is 18.0. The van der Waals surface area contributed by atoms with Gasteiger partial charge in [-0.05, 0) is 60.4 Å². The van der Waals surface area contributed by atoms with Crippen LogP contribution in [0.1, 0.15) is 43.2 Å². The Bertz CT molecular complexity index is 1950. The van der Waals surface area contributed by atoms with Gasteiger partial charge in [-0.2, -0.15) is 0 Å². The van der Waals surface area contributed by atoms with Crippen molar-refractivity contribution >= 4 is 27.5 Å². The van der Waals surface area contributed by atoms with Crippen LogP contribution in [0.4, 0.5) is 10.1 Å². The molecule has 2 amide bonds. The summed E-state index contributed by atoms with van der Waals surface area (Å²) in [4.78, 5) is 30.5. The molecule has 0 aromatic heterocycles. The largest absolute Gasteiger partial charge is 0.497 e. The minimum atomic E-state index is -4.54. The molecule has 1 unspecified atom stereocenters. The highest BCUT2D eigenvalue weighted by Gasteiger charge is 2.37. The van der Waals surface area contributed by atoms with Gasteiger partial charge >= 0.3 is 0 Å². The predicted molar refractivity (Wildman–Crippen MR) is 200 cm³/mol. The number of rotatable bonds is 16. The SMILES string of the molecule is COc1ccc(OC)c(N(CC(=O)N(Cc2ccc(F)cc2)C(Cc2ccccc2)C(=O)NC2CCCCC2)S(=O)(=O)c2ccc(OC)c(OC)c2)c1. The van der Waals surface area contributed by atoms with Gasteiger partial charge in [-0.15, -0.1) is 0 Å². The molecule has 0 aliphatic heterocycles. The highest BCUT2D eigenvalue weighted by Crippen LogP contribution is 2.38. The third-order valence-electron chi connectivity index (χ3n) is 9.37. The Balaban J connectivity index is 1.63. The van der Waals surface area contributed by atoms with E-state index in [1.165, 1.54) is 81.9 Å². The predicted octanol–water partition coefficient (Wildman–Crippen LogP) is 6.14. The van der Waals surface area contributed by atoms with Crippen LogP contribution in [0.25, 0.3) is 0 Å². The maximum Gasteiger partial charge on any atom is 0.265 e. The van der Waals surface area contributed by atoms with Crippen molar-refractivity contribution in [3.63, 3.8) is 0 Å². The molecule has 0 heterocycles. The van der Waals surface area contributed by atoms with Crippen LogP contribution in [0.15, 0.2) is 95.9 Å². The first kappa shape index (κ1) is 38.9. The van der Waals surface area contributed by atoms with Crippen LogP contribution in [-0.2, 0) is 32.6 Å². The highest BCUT2D eigenvalue weighted by atomic mass is 32.2. The molecule has 282 valence electrons. The smallest absolute Gasteiger partial charge is 0.265 e. The van der Waals surface area contributed by atoms with E-state index in [1.807, 2.05) is 30.3 Å². The fourth-order valence-corrected chi connectivity index (χ4v) is 7.93. The number of amides is 2. The van der Waals surface area contributed by atoms with Crippen molar-refractivity contribution in [2.45, 2.75) is 62.0 Å². The fourth-order valence-electron chi connectivity index (χ4n) is 6.49. The molecule has 0 spiro atoms. The molecule has 4 aromatic rings. The molecule has 1 atom stereocenters. The van der Waals surface area contributed by atoms with Crippen molar-refractivity contribution in [3.8, 4) is 23.0 Å². The number of nitrogens with zero attached hydrogens (tertiary/aromatic N) is 2. The molecule has 0 saturated heterocycles. The second-order valence-electron chi connectivity index (χ2n) is 12.8. The van der Waals surface area contributed by atoms with Gasteiger partial charge in [0.25, 0.3) is 10.0 Å². The molecule has 1 aliphatic carbocycles. The number of benzene rings is 4. The Morgan fingerprint density at radius 3 is 2.08 bits per heavy atom. The van der Waals surface area contributed by atoms with E-state index in [4.69, 9.17) is 18.9 Å². The zero-order chi connectivity index (χ0) is 38.0. The molecular formula is C40H46FN3O8S. The zero-order valence-electron chi connectivity index (χ0n) is 30.4. The summed E-state index contributed by atoms with van der Waals surface area (Å²) in [6, 6.07) is 22.6. The van der Waals surface area contributed by atoms with Crippen molar-refractivity contribution < 1.29 is 41.3 Å². The number of carbonyl (C=O) groups is 2. The van der Waals surface area contributed by atoms with E-state index in [1.54, 1.807) is 12.1 Å². The number of sulfonamides is 1. The van der Waals surface area contributed by atoms with Crippen molar-refractivity contribution in [1.29, 1.82) is 0 Å². The summed E-state index contributed by atoms with van der Waals surface area (Å²) in [5.74, 6) is -0.544. The van der Waals surface area contributed by atoms with Crippen molar-refractivity contribution in [3.05, 3.63) is 108 Å². The molecule has 4 aromatic carbocycles. The Labute approximate surface area is 310 Å². The van der Waals surface area contributed by atoms with E-state index in [0.717, 1.165) is 42.0 Å². The number of hydrogen-bond acceptors (Lipinski definition) is 8. The zero-order valence-corrected chi connectivity index (χ0v) is 31.2. The highest BCUT2D eigenvalue weighted by molar-refractivity contribution is 7.92. The molecule has 0 bridgehead atoms. The van der Waals surface area contributed by atoms with Crippen molar-refractivity contribution in [2.24, 2.45) is 0 Å². The monoisotopic (exact) mass is 747 g/mol. The molecule has 5 rings (SSSR count). The number of ether oxygens (including phenoxy) is 4. The first-order chi connectivity index (χ1) is 25.6. The van der Waals surface area contributed by atoms with Gasteiger partial charge in [0.2, 0.25) is 11.8 Å². The third kappa shape index (κ3) is 9.58. The van der Waals surface area contributed by atoms with Crippen LogP contribution in [0.3, 0.4) is 0 Å². The molecule has 53 heavy (non-hydrogen) atoms. The number of nitrogens with one attached hydrogen (secondary N) is 1. The van der Waals surface area contributed by atoms with E-state index in [0.29, 0.717) is 17.1 Å². The van der Waals surface area contributed by atoms with Gasteiger partial charge in [0.15, 0.2) is 11.5 Å². The topological polar surface area (TPSA) is 124 Å². The van der Waals surface area contributed by atoms with E-state index in [2.05, 4.69) is 5.32 Å². The van der Waals surface area contributed by atoms with Gasteiger partial charge in [-0.25, -0.2) is 12.8 Å². The molecule has 1 fully saturated rings. The summed E-state index contributed by atoms with van der Waals surface area (Å²) in [7, 11) is 1.11. The lowest BCUT2D eigenvalue weighted by Gasteiger charge is -2.35. The molecule has 1 aliphatic rings. The molecule has 1 N–H and O–H groups in total. The summed E-state index contributed by atoms with van der Waals surface area (Å²) in [5.41, 5.74) is 1.39. The van der Waals surface area contributed by atoms with Crippen molar-refractivity contribution in [2.75, 3.05) is 39.3 Å². The van der Waals surface area contributed by atoms with E-state index in [-0.39, 0.29) is 47.0 Å².